The van der Waals surface area contributed by atoms with Gasteiger partial charge in [0.15, 0.2) is 23.0 Å². The molecule has 0 saturated carbocycles. The van der Waals surface area contributed by atoms with Gasteiger partial charge in [-0.1, -0.05) is 12.2 Å². The fourth-order valence-electron chi connectivity index (χ4n) is 2.42. The van der Waals surface area contributed by atoms with Gasteiger partial charge in [-0.25, -0.2) is 0 Å². The van der Waals surface area contributed by atoms with Crippen molar-refractivity contribution in [3.05, 3.63) is 39.9 Å². The molecule has 0 fully saturated rings. The number of methoxy groups -OCH3 is 4. The molecule has 0 heterocycles. The number of ether oxygens (including phenoxy) is 4. The van der Waals surface area contributed by atoms with E-state index in [1.54, 1.807) is 30.4 Å². The van der Waals surface area contributed by atoms with Gasteiger partial charge in [-0.3, -0.25) is 0 Å². The van der Waals surface area contributed by atoms with E-state index in [-0.39, 0.29) is 75.1 Å². The minimum atomic E-state index is -5.26. The Morgan fingerprint density at radius 1 is 0.833 bits per heavy atom. The van der Waals surface area contributed by atoms with Crippen molar-refractivity contribution in [1.82, 2.24) is 0 Å². The second-order valence-electron chi connectivity index (χ2n) is 5.33. The molecule has 152 valence electrons. The fourth-order valence-corrected chi connectivity index (χ4v) is 3.49. The first-order valence-corrected chi connectivity index (χ1v) is 10.1. The Hall–Kier alpha value is -0.190. The first-order valence-electron chi connectivity index (χ1n) is 7.80. The Bertz CT molecular complexity index is 908. The molecule has 0 aliphatic carbocycles. The Morgan fingerprint density at radius 2 is 1.37 bits per heavy atom. The largest absolute Gasteiger partial charge is 1.00 e. The topological polar surface area (TPSA) is 109 Å². The number of phosphoric acid groups is 1. The average molecular weight is 519 g/mol. The second kappa shape index (κ2) is 13.4. The SMILES string of the molecule is COc1cc(/C=C\c2ccc(OC)c(OP(=O)([O-])[O-])c2Br)cc(OC)c1OC.[Na+].[Na+]. The van der Waals surface area contributed by atoms with E-state index in [1.807, 2.05) is 0 Å². The number of halogens is 1. The van der Waals surface area contributed by atoms with Gasteiger partial charge in [0.25, 0.3) is 0 Å². The van der Waals surface area contributed by atoms with Gasteiger partial charge in [-0.2, -0.15) is 0 Å². The summed E-state index contributed by atoms with van der Waals surface area (Å²) in [6.45, 7) is 0. The van der Waals surface area contributed by atoms with E-state index in [0.29, 0.717) is 22.8 Å². The first-order chi connectivity index (χ1) is 13.2. The molecular formula is C18H18BrNa2O8P. The molecule has 0 saturated heterocycles. The van der Waals surface area contributed by atoms with Crippen LogP contribution in [0.4, 0.5) is 0 Å². The average Bonchev–Trinajstić information content (AvgIpc) is 2.66. The predicted molar refractivity (Wildman–Crippen MR) is 104 cm³/mol. The maximum absolute atomic E-state index is 11.0. The van der Waals surface area contributed by atoms with E-state index < -0.39 is 7.82 Å². The zero-order chi connectivity index (χ0) is 20.9. The summed E-state index contributed by atoms with van der Waals surface area (Å²) in [5.74, 6) is 1.31. The molecule has 0 aliphatic rings. The summed E-state index contributed by atoms with van der Waals surface area (Å²) in [4.78, 5) is 22.1. The van der Waals surface area contributed by atoms with Crippen molar-refractivity contribution in [3.8, 4) is 28.7 Å². The standard InChI is InChI=1S/C18H20BrO8P.2Na/c1-23-13-8-7-12(16(19)18(13)27-28(20,21)22)6-5-11-9-14(24-2)17(26-4)15(10-11)25-3;;/h5-10H,1-4H3,(H2,20,21,22);;/q;2*+1/p-2/b6-5-;;. The van der Waals surface area contributed by atoms with E-state index in [0.717, 1.165) is 5.56 Å². The van der Waals surface area contributed by atoms with Crippen molar-refractivity contribution in [1.29, 1.82) is 0 Å². The minimum Gasteiger partial charge on any atom is -0.780 e. The van der Waals surface area contributed by atoms with Crippen LogP contribution in [-0.4, -0.2) is 28.4 Å². The monoisotopic (exact) mass is 518 g/mol. The molecule has 2 rings (SSSR count). The van der Waals surface area contributed by atoms with Crippen LogP contribution < -0.4 is 92.4 Å². The zero-order valence-corrected chi connectivity index (χ0v) is 24.0. The van der Waals surface area contributed by atoms with E-state index in [1.165, 1.54) is 34.5 Å². The molecule has 12 heteroatoms. The molecule has 2 aromatic rings. The molecule has 0 bridgehead atoms. The summed E-state index contributed by atoms with van der Waals surface area (Å²) in [5, 5.41) is 0. The van der Waals surface area contributed by atoms with Crippen LogP contribution in [0, 0.1) is 0 Å². The number of phosphoric ester groups is 1. The predicted octanol–water partition coefficient (Wildman–Crippen LogP) is -3.13. The number of rotatable bonds is 8. The van der Waals surface area contributed by atoms with Gasteiger partial charge >= 0.3 is 59.1 Å². The van der Waals surface area contributed by atoms with Gasteiger partial charge in [0.1, 0.15) is 7.82 Å². The van der Waals surface area contributed by atoms with E-state index in [2.05, 4.69) is 20.5 Å². The van der Waals surface area contributed by atoms with Gasteiger partial charge in [0.05, 0.1) is 32.9 Å². The van der Waals surface area contributed by atoms with Crippen molar-refractivity contribution < 1.29 is 96.9 Å². The molecule has 0 aromatic heterocycles. The van der Waals surface area contributed by atoms with Gasteiger partial charge in [-0.05, 0) is 51.3 Å². The van der Waals surface area contributed by atoms with Crippen LogP contribution in [0.2, 0.25) is 0 Å². The van der Waals surface area contributed by atoms with Crippen molar-refractivity contribution in [2.45, 2.75) is 0 Å². The summed E-state index contributed by atoms with van der Waals surface area (Å²) in [6.07, 6.45) is 3.44. The second-order valence-corrected chi connectivity index (χ2v) is 7.20. The first kappa shape index (κ1) is 29.8. The molecule has 0 unspecified atom stereocenters. The van der Waals surface area contributed by atoms with E-state index in [9.17, 15) is 14.4 Å². The minimum absolute atomic E-state index is 0. The Labute approximate surface area is 227 Å². The Morgan fingerprint density at radius 3 is 1.80 bits per heavy atom. The number of hydrogen-bond acceptors (Lipinski definition) is 8. The van der Waals surface area contributed by atoms with Crippen molar-refractivity contribution >= 4 is 35.9 Å². The van der Waals surface area contributed by atoms with Gasteiger partial charge in [0.2, 0.25) is 5.75 Å². The van der Waals surface area contributed by atoms with E-state index in [4.69, 9.17) is 18.9 Å². The number of benzene rings is 2. The van der Waals surface area contributed by atoms with Crippen molar-refractivity contribution in [3.63, 3.8) is 0 Å². The molecule has 0 N–H and O–H groups in total. The molecule has 2 aromatic carbocycles. The van der Waals surface area contributed by atoms with Gasteiger partial charge in [0, 0.05) is 0 Å². The fraction of sp³-hybridized carbons (Fsp3) is 0.222. The summed E-state index contributed by atoms with van der Waals surface area (Å²) in [6, 6.07) is 6.65. The molecule has 0 aliphatic heterocycles. The third-order valence-corrected chi connectivity index (χ3v) is 4.88. The van der Waals surface area contributed by atoms with Crippen LogP contribution in [0.5, 0.6) is 28.7 Å². The van der Waals surface area contributed by atoms with Gasteiger partial charge < -0.3 is 37.8 Å². The molecular weight excluding hydrogens is 501 g/mol. The molecule has 0 amide bonds. The summed E-state index contributed by atoms with van der Waals surface area (Å²) in [5.41, 5.74) is 1.29. The van der Waals surface area contributed by atoms with Crippen LogP contribution in [-0.2, 0) is 4.57 Å². The molecule has 8 nitrogen and oxygen atoms in total. The van der Waals surface area contributed by atoms with Crippen LogP contribution in [0.3, 0.4) is 0 Å². The Balaban J connectivity index is 0.00000420. The molecule has 0 radical (unpaired) electrons. The Kier molecular flexibility index (Phi) is 13.3. The molecule has 0 atom stereocenters. The zero-order valence-electron chi connectivity index (χ0n) is 17.6. The quantitative estimate of drug-likeness (QED) is 0.205. The number of hydrogen-bond donors (Lipinski definition) is 0. The van der Waals surface area contributed by atoms with Crippen LogP contribution >= 0.6 is 23.8 Å². The summed E-state index contributed by atoms with van der Waals surface area (Å²) in [7, 11) is 0.606. The van der Waals surface area contributed by atoms with Gasteiger partial charge in [-0.15, -0.1) is 0 Å². The van der Waals surface area contributed by atoms with Crippen molar-refractivity contribution in [2.75, 3.05) is 28.4 Å². The van der Waals surface area contributed by atoms with E-state index >= 15 is 0 Å². The van der Waals surface area contributed by atoms with Crippen LogP contribution in [0.15, 0.2) is 28.7 Å². The third-order valence-electron chi connectivity index (χ3n) is 3.66. The maximum Gasteiger partial charge on any atom is 1.00 e. The maximum atomic E-state index is 11.0. The third kappa shape index (κ3) is 7.74. The van der Waals surface area contributed by atoms with Crippen LogP contribution in [0.1, 0.15) is 11.1 Å². The van der Waals surface area contributed by atoms with Crippen LogP contribution in [0.25, 0.3) is 12.2 Å². The molecule has 0 spiro atoms. The summed E-state index contributed by atoms with van der Waals surface area (Å²) >= 11 is 3.25. The summed E-state index contributed by atoms with van der Waals surface area (Å²) < 4.78 is 36.8. The normalized spacial score (nSPS) is 10.6. The smallest absolute Gasteiger partial charge is 0.780 e. The molecule has 30 heavy (non-hydrogen) atoms. The van der Waals surface area contributed by atoms with Crippen molar-refractivity contribution in [2.24, 2.45) is 0 Å².